The second-order valence-corrected chi connectivity index (χ2v) is 5.04. The zero-order chi connectivity index (χ0) is 10.1. The molecule has 0 amide bonds. The van der Waals surface area contributed by atoms with Crippen LogP contribution in [0, 0.1) is 18.3 Å². The summed E-state index contributed by atoms with van der Waals surface area (Å²) in [4.78, 5) is 6.82. The second kappa shape index (κ2) is 3.40. The third-order valence-corrected chi connectivity index (χ3v) is 3.89. The molecule has 0 saturated carbocycles. The fraction of sp³-hybridized carbons (Fsp3) is 0.111. The number of thiophene rings is 1. The van der Waals surface area contributed by atoms with E-state index in [4.69, 9.17) is 11.0 Å². The quantitative estimate of drug-likeness (QED) is 0.805. The number of hydrogen-bond donors (Lipinski definition) is 1. The molecule has 2 heterocycles. The molecule has 2 aromatic rings. The highest BCUT2D eigenvalue weighted by Gasteiger charge is 2.09. The maximum Gasteiger partial charge on any atom is 0.128 e. The number of hydrogen-bond acceptors (Lipinski definition) is 5. The normalized spacial score (nSPS) is 10.0. The van der Waals surface area contributed by atoms with Crippen LogP contribution in [0.2, 0.25) is 0 Å². The van der Waals surface area contributed by atoms with Gasteiger partial charge >= 0.3 is 0 Å². The Hall–Kier alpha value is -1.38. The third kappa shape index (κ3) is 1.50. The average molecular weight is 221 g/mol. The molecule has 3 nitrogen and oxygen atoms in total. The number of aromatic nitrogens is 1. The Morgan fingerprint density at radius 3 is 2.71 bits per heavy atom. The van der Waals surface area contributed by atoms with Gasteiger partial charge in [-0.2, -0.15) is 5.26 Å². The Labute approximate surface area is 89.5 Å². The first-order chi connectivity index (χ1) is 6.70. The maximum absolute atomic E-state index is 8.75. The molecular formula is C9H7N3S2. The largest absolute Gasteiger partial charge is 0.397 e. The lowest BCUT2D eigenvalue weighted by Crippen LogP contribution is -1.81. The molecule has 2 rings (SSSR count). The van der Waals surface area contributed by atoms with Crippen molar-refractivity contribution in [3.63, 3.8) is 0 Å². The lowest BCUT2D eigenvalue weighted by atomic mass is 10.3. The van der Waals surface area contributed by atoms with Crippen molar-refractivity contribution >= 4 is 28.4 Å². The van der Waals surface area contributed by atoms with E-state index in [0.717, 1.165) is 14.8 Å². The van der Waals surface area contributed by atoms with Gasteiger partial charge in [-0.1, -0.05) is 0 Å². The molecule has 0 aromatic carbocycles. The molecule has 2 aromatic heterocycles. The Morgan fingerprint density at radius 1 is 1.43 bits per heavy atom. The average Bonchev–Trinajstić information content (AvgIpc) is 2.71. The van der Waals surface area contributed by atoms with Gasteiger partial charge in [0.25, 0.3) is 0 Å². The fourth-order valence-corrected chi connectivity index (χ4v) is 2.81. The number of nitrogens with two attached hydrogens (primary N) is 1. The van der Waals surface area contributed by atoms with Crippen LogP contribution in [-0.4, -0.2) is 4.98 Å². The summed E-state index contributed by atoms with van der Waals surface area (Å²) in [5.74, 6) is 0. The molecule has 0 saturated heterocycles. The summed E-state index contributed by atoms with van der Waals surface area (Å²) >= 11 is 3.02. The van der Waals surface area contributed by atoms with Gasteiger partial charge in [0.2, 0.25) is 0 Å². The van der Waals surface area contributed by atoms with Gasteiger partial charge in [-0.15, -0.1) is 22.7 Å². The minimum Gasteiger partial charge on any atom is -0.397 e. The summed E-state index contributed by atoms with van der Waals surface area (Å²) in [5, 5.41) is 9.77. The molecule has 70 valence electrons. The molecule has 0 fully saturated rings. The Bertz CT molecular complexity index is 504. The van der Waals surface area contributed by atoms with Crippen molar-refractivity contribution in [2.45, 2.75) is 6.92 Å². The molecule has 2 N–H and O–H groups in total. The van der Waals surface area contributed by atoms with Crippen LogP contribution in [0.15, 0.2) is 12.3 Å². The minimum absolute atomic E-state index is 0.554. The smallest absolute Gasteiger partial charge is 0.128 e. The molecule has 0 aliphatic carbocycles. The van der Waals surface area contributed by atoms with Gasteiger partial charge in [-0.05, 0) is 13.0 Å². The molecule has 0 aliphatic rings. The van der Waals surface area contributed by atoms with Crippen LogP contribution in [0.5, 0.6) is 0 Å². The van der Waals surface area contributed by atoms with Crippen molar-refractivity contribution < 1.29 is 0 Å². The predicted molar refractivity (Wildman–Crippen MR) is 59.3 cm³/mol. The van der Waals surface area contributed by atoms with Gasteiger partial charge in [0, 0.05) is 11.1 Å². The number of nitrogens with zero attached hydrogens (tertiary/aromatic N) is 2. The minimum atomic E-state index is 0.554. The molecule has 0 atom stereocenters. The van der Waals surface area contributed by atoms with Crippen LogP contribution < -0.4 is 5.73 Å². The summed E-state index contributed by atoms with van der Waals surface area (Å²) < 4.78 is 0. The van der Waals surface area contributed by atoms with E-state index in [1.54, 1.807) is 11.3 Å². The SMILES string of the molecule is Cc1ncc(-c2cc(N)c(C#N)s2)s1. The summed E-state index contributed by atoms with van der Waals surface area (Å²) in [7, 11) is 0. The van der Waals surface area contributed by atoms with Crippen molar-refractivity contribution in [1.82, 2.24) is 4.98 Å². The number of nitriles is 1. The van der Waals surface area contributed by atoms with Crippen LogP contribution in [0.25, 0.3) is 9.75 Å². The third-order valence-electron chi connectivity index (χ3n) is 1.73. The second-order valence-electron chi connectivity index (χ2n) is 2.75. The molecule has 5 heteroatoms. The number of thiazole rings is 1. The van der Waals surface area contributed by atoms with Gasteiger partial charge in [-0.25, -0.2) is 4.98 Å². The van der Waals surface area contributed by atoms with Crippen molar-refractivity contribution in [2.75, 3.05) is 5.73 Å². The summed E-state index contributed by atoms with van der Waals surface area (Å²) in [6, 6.07) is 3.90. The van der Waals surface area contributed by atoms with Crippen molar-refractivity contribution in [3.8, 4) is 15.8 Å². The first kappa shape index (κ1) is 9.19. The van der Waals surface area contributed by atoms with Crippen molar-refractivity contribution in [1.29, 1.82) is 5.26 Å². The van der Waals surface area contributed by atoms with Crippen LogP contribution in [-0.2, 0) is 0 Å². The number of aryl methyl sites for hydroxylation is 1. The number of nitrogen functional groups attached to an aromatic ring is 1. The Balaban J connectivity index is 2.48. The number of rotatable bonds is 1. The van der Waals surface area contributed by atoms with Crippen LogP contribution in [0.3, 0.4) is 0 Å². The van der Waals surface area contributed by atoms with E-state index < -0.39 is 0 Å². The van der Waals surface area contributed by atoms with Crippen molar-refractivity contribution in [2.24, 2.45) is 0 Å². The monoisotopic (exact) mass is 221 g/mol. The van der Waals surface area contributed by atoms with Gasteiger partial charge in [0.05, 0.1) is 15.6 Å². The molecule has 0 spiro atoms. The molecule has 0 aliphatic heterocycles. The topological polar surface area (TPSA) is 62.7 Å². The molecule has 0 bridgehead atoms. The highest BCUT2D eigenvalue weighted by atomic mass is 32.1. The predicted octanol–water partition coefficient (Wildman–Crippen LogP) is 2.63. The van der Waals surface area contributed by atoms with E-state index in [1.807, 2.05) is 19.2 Å². The van der Waals surface area contributed by atoms with E-state index in [1.165, 1.54) is 11.3 Å². The first-order valence-electron chi connectivity index (χ1n) is 3.93. The summed E-state index contributed by atoms with van der Waals surface area (Å²) in [6.07, 6.45) is 1.81. The first-order valence-corrected chi connectivity index (χ1v) is 5.56. The summed E-state index contributed by atoms with van der Waals surface area (Å²) in [6.45, 7) is 1.95. The summed E-state index contributed by atoms with van der Waals surface area (Å²) in [5.41, 5.74) is 6.22. The number of anilines is 1. The zero-order valence-electron chi connectivity index (χ0n) is 7.44. The van der Waals surface area contributed by atoms with Gasteiger partial charge in [0.1, 0.15) is 10.9 Å². The Kier molecular flexibility index (Phi) is 2.23. The highest BCUT2D eigenvalue weighted by molar-refractivity contribution is 7.22. The fourth-order valence-electron chi connectivity index (χ4n) is 1.09. The highest BCUT2D eigenvalue weighted by Crippen LogP contribution is 2.35. The lowest BCUT2D eigenvalue weighted by Gasteiger charge is -1.84. The van der Waals surface area contributed by atoms with E-state index in [0.29, 0.717) is 10.6 Å². The van der Waals surface area contributed by atoms with Crippen LogP contribution >= 0.6 is 22.7 Å². The molecule has 0 radical (unpaired) electrons. The van der Waals surface area contributed by atoms with Gasteiger partial charge in [-0.3, -0.25) is 0 Å². The maximum atomic E-state index is 8.75. The van der Waals surface area contributed by atoms with Crippen molar-refractivity contribution in [3.05, 3.63) is 22.1 Å². The van der Waals surface area contributed by atoms with E-state index in [2.05, 4.69) is 11.1 Å². The van der Waals surface area contributed by atoms with E-state index in [-0.39, 0.29) is 0 Å². The van der Waals surface area contributed by atoms with E-state index in [9.17, 15) is 0 Å². The molecule has 14 heavy (non-hydrogen) atoms. The van der Waals surface area contributed by atoms with Gasteiger partial charge in [0.15, 0.2) is 0 Å². The van der Waals surface area contributed by atoms with E-state index >= 15 is 0 Å². The molecule has 0 unspecified atom stereocenters. The zero-order valence-corrected chi connectivity index (χ0v) is 9.08. The standard InChI is InChI=1S/C9H7N3S2/c1-5-12-4-9(13-5)7-2-6(11)8(3-10)14-7/h2,4H,11H2,1H3. The molecular weight excluding hydrogens is 214 g/mol. The lowest BCUT2D eigenvalue weighted by molar-refractivity contribution is 1.30. The Morgan fingerprint density at radius 2 is 2.21 bits per heavy atom. The van der Waals surface area contributed by atoms with Crippen LogP contribution in [0.4, 0.5) is 5.69 Å². The van der Waals surface area contributed by atoms with Gasteiger partial charge < -0.3 is 5.73 Å². The van der Waals surface area contributed by atoms with Crippen LogP contribution in [0.1, 0.15) is 9.88 Å².